The Morgan fingerprint density at radius 1 is 1.27 bits per heavy atom. The molecule has 0 aliphatic rings. The first-order chi connectivity index (χ1) is 10.2. The maximum Gasteiger partial charge on any atom is 0.169 e. The minimum Gasteiger partial charge on any atom is -0.356 e. The number of benzene rings is 2. The van der Waals surface area contributed by atoms with E-state index < -0.39 is 0 Å². The summed E-state index contributed by atoms with van der Waals surface area (Å²) in [5.74, 6) is 0. The van der Waals surface area contributed by atoms with Gasteiger partial charge in [0.05, 0.1) is 0 Å². The van der Waals surface area contributed by atoms with Crippen LogP contribution in [0.5, 0.6) is 0 Å². The van der Waals surface area contributed by atoms with Crippen LogP contribution >= 0.6 is 24.0 Å². The van der Waals surface area contributed by atoms with Gasteiger partial charge in [-0.1, -0.05) is 47.1 Å². The summed E-state index contributed by atoms with van der Waals surface area (Å²) in [5.41, 5.74) is 9.70. The molecule has 0 aliphatic heterocycles. The molecular weight excluding hydrogens is 319 g/mol. The van der Waals surface area contributed by atoms with Gasteiger partial charge >= 0.3 is 0 Å². The number of fused-ring (bicyclic) bond motifs is 1. The molecular formula is C17H16Cl2N2O. The molecule has 1 atom stereocenters. The van der Waals surface area contributed by atoms with Crippen LogP contribution in [0.3, 0.4) is 0 Å². The van der Waals surface area contributed by atoms with Gasteiger partial charge in [0.15, 0.2) is 5.58 Å². The molecule has 0 saturated carbocycles. The minimum atomic E-state index is -0.113. The first kappa shape index (κ1) is 16.6. The fraction of sp³-hybridized carbons (Fsp3) is 0.118. The van der Waals surface area contributed by atoms with Crippen molar-refractivity contribution in [2.24, 2.45) is 5.73 Å². The molecule has 0 saturated heterocycles. The predicted octanol–water partition coefficient (Wildman–Crippen LogP) is 5.15. The van der Waals surface area contributed by atoms with Crippen molar-refractivity contribution in [3.63, 3.8) is 0 Å². The smallest absolute Gasteiger partial charge is 0.169 e. The van der Waals surface area contributed by atoms with Crippen molar-refractivity contribution < 1.29 is 4.52 Å². The molecule has 1 heterocycles. The van der Waals surface area contributed by atoms with E-state index in [4.69, 9.17) is 21.9 Å². The van der Waals surface area contributed by atoms with Gasteiger partial charge in [0.25, 0.3) is 0 Å². The standard InChI is InChI=1S/C17H15ClN2O.ClH/c1-2-5-15(19)12-6-3-4-7-13(12)17-14-9-8-11(18)10-16(14)21-20-17;/h2-4,6-10,15H,1,5,19H2;1H/t15-;/m1./s1. The Hall–Kier alpha value is -1.81. The molecule has 114 valence electrons. The van der Waals surface area contributed by atoms with E-state index in [9.17, 15) is 0 Å². The molecule has 22 heavy (non-hydrogen) atoms. The highest BCUT2D eigenvalue weighted by molar-refractivity contribution is 6.31. The molecule has 0 bridgehead atoms. The van der Waals surface area contributed by atoms with E-state index >= 15 is 0 Å². The van der Waals surface area contributed by atoms with Crippen LogP contribution in [0.1, 0.15) is 18.0 Å². The SMILES string of the molecule is C=CC[C@@H](N)c1ccccc1-c1noc2cc(Cl)ccc12.Cl. The number of rotatable bonds is 4. The lowest BCUT2D eigenvalue weighted by atomic mass is 9.95. The van der Waals surface area contributed by atoms with Crippen LogP contribution in [0, 0.1) is 0 Å². The number of halogens is 2. The van der Waals surface area contributed by atoms with Gasteiger partial charge in [0.1, 0.15) is 5.69 Å². The van der Waals surface area contributed by atoms with E-state index in [2.05, 4.69) is 11.7 Å². The molecule has 0 spiro atoms. The molecule has 0 aliphatic carbocycles. The van der Waals surface area contributed by atoms with Crippen LogP contribution < -0.4 is 5.73 Å². The normalized spacial score (nSPS) is 11.9. The first-order valence-corrected chi connectivity index (χ1v) is 7.09. The van der Waals surface area contributed by atoms with Gasteiger partial charge in [-0.05, 0) is 24.1 Å². The number of hydrogen-bond acceptors (Lipinski definition) is 3. The molecule has 5 heteroatoms. The van der Waals surface area contributed by atoms with Crippen LogP contribution in [-0.2, 0) is 0 Å². The summed E-state index contributed by atoms with van der Waals surface area (Å²) in [5, 5.41) is 5.75. The summed E-state index contributed by atoms with van der Waals surface area (Å²) in [6.45, 7) is 3.75. The third-order valence-electron chi connectivity index (χ3n) is 3.47. The highest BCUT2D eigenvalue weighted by Gasteiger charge is 2.16. The van der Waals surface area contributed by atoms with Crippen molar-refractivity contribution in [1.82, 2.24) is 5.16 Å². The highest BCUT2D eigenvalue weighted by Crippen LogP contribution is 2.34. The van der Waals surface area contributed by atoms with Crippen molar-refractivity contribution in [3.8, 4) is 11.3 Å². The number of aromatic nitrogens is 1. The zero-order valence-corrected chi connectivity index (χ0v) is 13.4. The Bertz CT molecular complexity index is 798. The molecule has 3 aromatic rings. The summed E-state index contributed by atoms with van der Waals surface area (Å²) in [7, 11) is 0. The Balaban J connectivity index is 0.00000176. The lowest BCUT2D eigenvalue weighted by molar-refractivity contribution is 0.459. The van der Waals surface area contributed by atoms with Gasteiger partial charge in [-0.2, -0.15) is 0 Å². The summed E-state index contributed by atoms with van der Waals surface area (Å²) in [6.07, 6.45) is 2.53. The third kappa shape index (κ3) is 3.02. The second-order valence-electron chi connectivity index (χ2n) is 4.89. The predicted molar refractivity (Wildman–Crippen MR) is 93.4 cm³/mol. The van der Waals surface area contributed by atoms with Crippen LogP contribution in [0.25, 0.3) is 22.2 Å². The summed E-state index contributed by atoms with van der Waals surface area (Å²) >= 11 is 5.98. The van der Waals surface area contributed by atoms with E-state index in [0.29, 0.717) is 17.0 Å². The Labute approximate surface area is 140 Å². The summed E-state index contributed by atoms with van der Waals surface area (Å²) in [4.78, 5) is 0. The highest BCUT2D eigenvalue weighted by atomic mass is 35.5. The summed E-state index contributed by atoms with van der Waals surface area (Å²) in [6, 6.07) is 13.4. The lowest BCUT2D eigenvalue weighted by Gasteiger charge is -2.13. The molecule has 0 amide bonds. The van der Waals surface area contributed by atoms with Crippen LogP contribution in [0.2, 0.25) is 5.02 Å². The monoisotopic (exact) mass is 334 g/mol. The van der Waals surface area contributed by atoms with Crippen LogP contribution in [0.15, 0.2) is 59.6 Å². The van der Waals surface area contributed by atoms with E-state index in [0.717, 1.165) is 22.2 Å². The maximum atomic E-state index is 6.23. The Morgan fingerprint density at radius 3 is 2.82 bits per heavy atom. The molecule has 0 fully saturated rings. The summed E-state index contributed by atoms with van der Waals surface area (Å²) < 4.78 is 5.38. The molecule has 2 aromatic carbocycles. The second-order valence-corrected chi connectivity index (χ2v) is 5.33. The van der Waals surface area contributed by atoms with E-state index in [1.165, 1.54) is 0 Å². The second kappa shape index (κ2) is 6.97. The van der Waals surface area contributed by atoms with Gasteiger partial charge in [0.2, 0.25) is 0 Å². The van der Waals surface area contributed by atoms with Gasteiger partial charge in [-0.25, -0.2) is 0 Å². The molecule has 0 unspecified atom stereocenters. The average molecular weight is 335 g/mol. The number of nitrogens with zero attached hydrogens (tertiary/aromatic N) is 1. The zero-order chi connectivity index (χ0) is 14.8. The molecule has 2 N–H and O–H groups in total. The number of hydrogen-bond donors (Lipinski definition) is 1. The molecule has 0 radical (unpaired) electrons. The van der Waals surface area contributed by atoms with Crippen LogP contribution in [0.4, 0.5) is 0 Å². The quantitative estimate of drug-likeness (QED) is 0.671. The lowest BCUT2D eigenvalue weighted by Crippen LogP contribution is -2.10. The van der Waals surface area contributed by atoms with E-state index in [1.807, 2.05) is 42.5 Å². The first-order valence-electron chi connectivity index (χ1n) is 6.71. The van der Waals surface area contributed by atoms with Crippen molar-refractivity contribution in [3.05, 3.63) is 65.7 Å². The molecule has 3 rings (SSSR count). The largest absolute Gasteiger partial charge is 0.356 e. The minimum absolute atomic E-state index is 0. The van der Waals surface area contributed by atoms with Gasteiger partial charge in [-0.3, -0.25) is 0 Å². The average Bonchev–Trinajstić information content (AvgIpc) is 2.90. The van der Waals surface area contributed by atoms with Crippen molar-refractivity contribution in [2.45, 2.75) is 12.5 Å². The molecule has 1 aromatic heterocycles. The van der Waals surface area contributed by atoms with Crippen molar-refractivity contribution >= 4 is 35.0 Å². The Morgan fingerprint density at radius 2 is 2.05 bits per heavy atom. The van der Waals surface area contributed by atoms with Gasteiger partial charge in [-0.15, -0.1) is 19.0 Å². The fourth-order valence-corrected chi connectivity index (χ4v) is 2.61. The van der Waals surface area contributed by atoms with Gasteiger partial charge < -0.3 is 10.3 Å². The maximum absolute atomic E-state index is 6.23. The number of nitrogens with two attached hydrogens (primary N) is 1. The van der Waals surface area contributed by atoms with E-state index in [1.54, 1.807) is 6.07 Å². The molecule has 3 nitrogen and oxygen atoms in total. The van der Waals surface area contributed by atoms with E-state index in [-0.39, 0.29) is 18.4 Å². The van der Waals surface area contributed by atoms with Crippen LogP contribution in [-0.4, -0.2) is 5.16 Å². The van der Waals surface area contributed by atoms with Crippen molar-refractivity contribution in [1.29, 1.82) is 0 Å². The van der Waals surface area contributed by atoms with Gasteiger partial charge in [0, 0.05) is 28.1 Å². The van der Waals surface area contributed by atoms with Crippen molar-refractivity contribution in [2.75, 3.05) is 0 Å². The fourth-order valence-electron chi connectivity index (χ4n) is 2.45. The third-order valence-corrected chi connectivity index (χ3v) is 3.71. The zero-order valence-electron chi connectivity index (χ0n) is 11.8. The topological polar surface area (TPSA) is 52.0 Å². The Kier molecular flexibility index (Phi) is 5.24.